The molecule has 1 heterocycles. The SMILES string of the molecule is Cc1cc(NC(=O)N[C@H](C)[C@@H](O)c2ccc(F)cc2)no1. The van der Waals surface area contributed by atoms with Crippen LogP contribution in [0.2, 0.25) is 0 Å². The van der Waals surface area contributed by atoms with E-state index in [4.69, 9.17) is 4.52 Å². The molecule has 0 aliphatic heterocycles. The van der Waals surface area contributed by atoms with E-state index < -0.39 is 18.2 Å². The molecule has 0 saturated carbocycles. The van der Waals surface area contributed by atoms with Crippen LogP contribution in [0.1, 0.15) is 24.4 Å². The van der Waals surface area contributed by atoms with E-state index in [0.717, 1.165) is 0 Å². The zero-order chi connectivity index (χ0) is 15.4. The van der Waals surface area contributed by atoms with Crippen molar-refractivity contribution in [3.8, 4) is 0 Å². The van der Waals surface area contributed by atoms with E-state index in [1.165, 1.54) is 24.3 Å². The minimum absolute atomic E-state index is 0.286. The molecule has 0 bridgehead atoms. The summed E-state index contributed by atoms with van der Waals surface area (Å²) < 4.78 is 17.6. The number of aryl methyl sites for hydroxylation is 1. The third-order valence-corrected chi connectivity index (χ3v) is 2.91. The Hall–Kier alpha value is -2.41. The van der Waals surface area contributed by atoms with Crippen LogP contribution in [-0.4, -0.2) is 22.3 Å². The molecule has 2 rings (SSSR count). The molecule has 2 aromatic rings. The zero-order valence-electron chi connectivity index (χ0n) is 11.6. The number of nitrogens with one attached hydrogen (secondary N) is 2. The van der Waals surface area contributed by atoms with Crippen LogP contribution < -0.4 is 10.6 Å². The normalized spacial score (nSPS) is 13.5. The predicted octanol–water partition coefficient (Wildman–Crippen LogP) is 2.37. The first-order valence-electron chi connectivity index (χ1n) is 6.40. The summed E-state index contributed by atoms with van der Waals surface area (Å²) in [4.78, 5) is 11.7. The molecule has 1 aromatic carbocycles. The Morgan fingerprint density at radius 2 is 2.05 bits per heavy atom. The maximum Gasteiger partial charge on any atom is 0.320 e. The number of aliphatic hydroxyl groups excluding tert-OH is 1. The fourth-order valence-corrected chi connectivity index (χ4v) is 1.81. The van der Waals surface area contributed by atoms with Gasteiger partial charge in [0.05, 0.1) is 12.1 Å². The molecule has 112 valence electrons. The van der Waals surface area contributed by atoms with Gasteiger partial charge in [0.1, 0.15) is 11.6 Å². The molecule has 0 saturated heterocycles. The second kappa shape index (κ2) is 6.36. The highest BCUT2D eigenvalue weighted by molar-refractivity contribution is 5.88. The number of amides is 2. The van der Waals surface area contributed by atoms with Crippen LogP contribution in [0.5, 0.6) is 0 Å². The second-order valence-corrected chi connectivity index (χ2v) is 4.71. The van der Waals surface area contributed by atoms with Crippen molar-refractivity contribution in [2.45, 2.75) is 26.0 Å². The number of urea groups is 1. The number of carbonyl (C=O) groups is 1. The minimum Gasteiger partial charge on any atom is -0.386 e. The smallest absolute Gasteiger partial charge is 0.320 e. The number of benzene rings is 1. The molecule has 6 nitrogen and oxygen atoms in total. The molecule has 1 aromatic heterocycles. The highest BCUT2D eigenvalue weighted by atomic mass is 19.1. The number of hydrogen-bond donors (Lipinski definition) is 3. The number of carbonyl (C=O) groups excluding carboxylic acids is 1. The van der Waals surface area contributed by atoms with Gasteiger partial charge in [0, 0.05) is 6.07 Å². The Kier molecular flexibility index (Phi) is 4.54. The van der Waals surface area contributed by atoms with Crippen LogP contribution in [0.25, 0.3) is 0 Å². The first-order chi connectivity index (χ1) is 9.95. The van der Waals surface area contributed by atoms with Gasteiger partial charge in [-0.25, -0.2) is 9.18 Å². The Morgan fingerprint density at radius 1 is 1.38 bits per heavy atom. The Morgan fingerprint density at radius 3 is 2.62 bits per heavy atom. The van der Waals surface area contributed by atoms with Gasteiger partial charge in [-0.1, -0.05) is 17.3 Å². The fourth-order valence-electron chi connectivity index (χ4n) is 1.81. The maximum atomic E-state index is 12.8. The molecule has 0 aliphatic carbocycles. The quantitative estimate of drug-likeness (QED) is 0.807. The van der Waals surface area contributed by atoms with E-state index in [0.29, 0.717) is 11.3 Å². The third kappa shape index (κ3) is 4.03. The number of rotatable bonds is 4. The Balaban J connectivity index is 1.92. The van der Waals surface area contributed by atoms with E-state index in [2.05, 4.69) is 15.8 Å². The fraction of sp³-hybridized carbons (Fsp3) is 0.286. The van der Waals surface area contributed by atoms with Gasteiger partial charge in [-0.05, 0) is 31.5 Å². The van der Waals surface area contributed by atoms with Crippen molar-refractivity contribution >= 4 is 11.8 Å². The second-order valence-electron chi connectivity index (χ2n) is 4.71. The monoisotopic (exact) mass is 293 g/mol. The standard InChI is InChI=1S/C14H16FN3O3/c1-8-7-12(18-21-8)17-14(20)16-9(2)13(19)10-3-5-11(15)6-4-10/h3-7,9,13,19H,1-2H3,(H2,16,17,18,20)/t9-,13-/m1/s1. The summed E-state index contributed by atoms with van der Waals surface area (Å²) in [6, 6.07) is 5.93. The minimum atomic E-state index is -0.949. The lowest BCUT2D eigenvalue weighted by atomic mass is 10.0. The zero-order valence-corrected chi connectivity index (χ0v) is 11.6. The van der Waals surface area contributed by atoms with Crippen molar-refractivity contribution in [2.75, 3.05) is 5.32 Å². The van der Waals surface area contributed by atoms with Crippen LogP contribution >= 0.6 is 0 Å². The molecule has 0 spiro atoms. The number of halogens is 1. The molecule has 0 fully saturated rings. The van der Waals surface area contributed by atoms with Gasteiger partial charge >= 0.3 is 6.03 Å². The van der Waals surface area contributed by atoms with Crippen molar-refractivity contribution < 1.29 is 18.8 Å². The van der Waals surface area contributed by atoms with Crippen LogP contribution in [0.4, 0.5) is 15.0 Å². The first-order valence-corrected chi connectivity index (χ1v) is 6.40. The van der Waals surface area contributed by atoms with Gasteiger partial charge in [-0.3, -0.25) is 5.32 Å². The molecule has 3 N–H and O–H groups in total. The van der Waals surface area contributed by atoms with Gasteiger partial charge in [0.2, 0.25) is 0 Å². The molecule has 2 amide bonds. The van der Waals surface area contributed by atoms with Crippen LogP contribution in [0.3, 0.4) is 0 Å². The summed E-state index contributed by atoms with van der Waals surface area (Å²) in [6.45, 7) is 3.35. The van der Waals surface area contributed by atoms with Crippen molar-refractivity contribution in [1.82, 2.24) is 10.5 Å². The van der Waals surface area contributed by atoms with Gasteiger partial charge < -0.3 is 14.9 Å². The van der Waals surface area contributed by atoms with Crippen LogP contribution in [0.15, 0.2) is 34.9 Å². The van der Waals surface area contributed by atoms with E-state index in [9.17, 15) is 14.3 Å². The van der Waals surface area contributed by atoms with E-state index in [1.807, 2.05) is 0 Å². The lowest BCUT2D eigenvalue weighted by Crippen LogP contribution is -2.39. The summed E-state index contributed by atoms with van der Waals surface area (Å²) in [6.07, 6.45) is -0.949. The lowest BCUT2D eigenvalue weighted by molar-refractivity contribution is 0.139. The van der Waals surface area contributed by atoms with Gasteiger partial charge in [-0.2, -0.15) is 0 Å². The highest BCUT2D eigenvalue weighted by Gasteiger charge is 2.19. The summed E-state index contributed by atoms with van der Waals surface area (Å²) >= 11 is 0. The molecular formula is C14H16FN3O3. The maximum absolute atomic E-state index is 12.8. The number of nitrogens with zero attached hydrogens (tertiary/aromatic N) is 1. The largest absolute Gasteiger partial charge is 0.386 e. The highest BCUT2D eigenvalue weighted by Crippen LogP contribution is 2.17. The average Bonchev–Trinajstić information content (AvgIpc) is 2.83. The molecular weight excluding hydrogens is 277 g/mol. The van der Waals surface area contributed by atoms with Crippen LogP contribution in [0, 0.1) is 12.7 Å². The lowest BCUT2D eigenvalue weighted by Gasteiger charge is -2.20. The first kappa shape index (κ1) is 15.0. The van der Waals surface area contributed by atoms with Gasteiger partial charge in [0.25, 0.3) is 0 Å². The number of aliphatic hydroxyl groups is 1. The molecule has 21 heavy (non-hydrogen) atoms. The average molecular weight is 293 g/mol. The number of hydrogen-bond acceptors (Lipinski definition) is 4. The van der Waals surface area contributed by atoms with E-state index in [1.54, 1.807) is 19.9 Å². The molecule has 0 radical (unpaired) electrons. The van der Waals surface area contributed by atoms with Gasteiger partial charge in [-0.15, -0.1) is 0 Å². The molecule has 2 atom stereocenters. The van der Waals surface area contributed by atoms with Crippen molar-refractivity contribution in [2.24, 2.45) is 0 Å². The Labute approximate surface area is 120 Å². The predicted molar refractivity (Wildman–Crippen MR) is 74.2 cm³/mol. The summed E-state index contributed by atoms with van der Waals surface area (Å²) in [5, 5.41) is 18.8. The molecule has 0 unspecified atom stereocenters. The van der Waals surface area contributed by atoms with Crippen molar-refractivity contribution in [3.63, 3.8) is 0 Å². The summed E-state index contributed by atoms with van der Waals surface area (Å²) in [5.74, 6) is 0.476. The van der Waals surface area contributed by atoms with Crippen molar-refractivity contribution in [3.05, 3.63) is 47.5 Å². The van der Waals surface area contributed by atoms with Gasteiger partial charge in [0.15, 0.2) is 5.82 Å². The summed E-state index contributed by atoms with van der Waals surface area (Å²) in [7, 11) is 0. The van der Waals surface area contributed by atoms with E-state index in [-0.39, 0.29) is 11.6 Å². The molecule has 7 heteroatoms. The molecule has 0 aliphatic rings. The third-order valence-electron chi connectivity index (χ3n) is 2.91. The summed E-state index contributed by atoms with van der Waals surface area (Å²) in [5.41, 5.74) is 0.515. The topological polar surface area (TPSA) is 87.4 Å². The Bertz CT molecular complexity index is 612. The number of aromatic nitrogens is 1. The van der Waals surface area contributed by atoms with Crippen LogP contribution in [-0.2, 0) is 0 Å². The van der Waals surface area contributed by atoms with Crippen molar-refractivity contribution in [1.29, 1.82) is 0 Å². The number of anilines is 1. The van der Waals surface area contributed by atoms with E-state index >= 15 is 0 Å².